The van der Waals surface area contributed by atoms with Gasteiger partial charge in [-0.25, -0.2) is 4.39 Å². The molecule has 1 unspecified atom stereocenters. The predicted octanol–water partition coefficient (Wildman–Crippen LogP) is -0.344. The largest absolute Gasteiger partial charge is 0.389 e. The molecule has 0 aliphatic heterocycles. The van der Waals surface area contributed by atoms with Crippen LogP contribution >= 0.6 is 0 Å². The van der Waals surface area contributed by atoms with Gasteiger partial charge in [-0.15, -0.1) is 0 Å². The number of nitrogens with two attached hydrogens (primary N) is 2. The Hall–Kier alpha value is -2.15. The highest BCUT2D eigenvalue weighted by Gasteiger charge is 2.18. The number of anilines is 1. The SMILES string of the molecule is CC(O)c1cc(F)ccc1N(CC(N)=O)CC(N)=O. The van der Waals surface area contributed by atoms with E-state index in [0.29, 0.717) is 5.69 Å². The van der Waals surface area contributed by atoms with Gasteiger partial charge in [-0.3, -0.25) is 9.59 Å². The molecule has 0 aliphatic carbocycles. The van der Waals surface area contributed by atoms with Crippen LogP contribution in [0.15, 0.2) is 18.2 Å². The average Bonchev–Trinajstić information content (AvgIpc) is 2.26. The first-order valence-corrected chi connectivity index (χ1v) is 5.60. The highest BCUT2D eigenvalue weighted by Crippen LogP contribution is 2.27. The van der Waals surface area contributed by atoms with Gasteiger partial charge in [0.05, 0.1) is 19.2 Å². The summed E-state index contributed by atoms with van der Waals surface area (Å²) in [6.45, 7) is 0.938. The van der Waals surface area contributed by atoms with E-state index in [-0.39, 0.29) is 18.7 Å². The third kappa shape index (κ3) is 4.22. The molecule has 6 nitrogen and oxygen atoms in total. The molecule has 0 radical (unpaired) electrons. The Labute approximate surface area is 109 Å². The fraction of sp³-hybridized carbons (Fsp3) is 0.333. The zero-order valence-electron chi connectivity index (χ0n) is 10.5. The van der Waals surface area contributed by atoms with Gasteiger partial charge in [-0.1, -0.05) is 0 Å². The first-order chi connectivity index (χ1) is 8.81. The Morgan fingerprint density at radius 2 is 1.84 bits per heavy atom. The van der Waals surface area contributed by atoms with Crippen molar-refractivity contribution < 1.29 is 19.1 Å². The minimum absolute atomic E-state index is 0.252. The maximum absolute atomic E-state index is 13.2. The summed E-state index contributed by atoms with van der Waals surface area (Å²) in [5.41, 5.74) is 10.8. The Kier molecular flexibility index (Phi) is 4.82. The van der Waals surface area contributed by atoms with Gasteiger partial charge in [-0.2, -0.15) is 0 Å². The molecular formula is C12H16FN3O3. The highest BCUT2D eigenvalue weighted by atomic mass is 19.1. The number of rotatable bonds is 6. The van der Waals surface area contributed by atoms with E-state index >= 15 is 0 Å². The molecule has 0 spiro atoms. The predicted molar refractivity (Wildman–Crippen MR) is 67.6 cm³/mol. The van der Waals surface area contributed by atoms with Gasteiger partial charge in [0.2, 0.25) is 11.8 Å². The van der Waals surface area contributed by atoms with Crippen molar-refractivity contribution in [2.45, 2.75) is 13.0 Å². The standard InChI is InChI=1S/C12H16FN3O3/c1-7(17)9-4-8(13)2-3-10(9)16(5-11(14)18)6-12(15)19/h2-4,7,17H,5-6H2,1H3,(H2,14,18)(H2,15,19). The van der Waals surface area contributed by atoms with Gasteiger partial charge in [0, 0.05) is 11.3 Å². The van der Waals surface area contributed by atoms with Crippen LogP contribution in [0.2, 0.25) is 0 Å². The molecule has 0 heterocycles. The van der Waals surface area contributed by atoms with Crippen LogP contribution in [0.4, 0.5) is 10.1 Å². The molecule has 1 aromatic rings. The van der Waals surface area contributed by atoms with Crippen LogP contribution in [-0.2, 0) is 9.59 Å². The Balaban J connectivity index is 3.20. The maximum Gasteiger partial charge on any atom is 0.236 e. The second-order valence-corrected chi connectivity index (χ2v) is 4.17. The molecule has 5 N–H and O–H groups in total. The van der Waals surface area contributed by atoms with Gasteiger partial charge in [0.1, 0.15) is 5.82 Å². The second-order valence-electron chi connectivity index (χ2n) is 4.17. The van der Waals surface area contributed by atoms with Gasteiger partial charge >= 0.3 is 0 Å². The van der Waals surface area contributed by atoms with Crippen LogP contribution < -0.4 is 16.4 Å². The number of halogens is 1. The summed E-state index contributed by atoms with van der Waals surface area (Å²) < 4.78 is 13.2. The minimum Gasteiger partial charge on any atom is -0.389 e. The fourth-order valence-electron chi connectivity index (χ4n) is 1.75. The van der Waals surface area contributed by atoms with Crippen LogP contribution in [0, 0.1) is 5.82 Å². The number of benzene rings is 1. The Bertz CT molecular complexity index is 475. The van der Waals surface area contributed by atoms with Crippen molar-refractivity contribution in [3.05, 3.63) is 29.6 Å². The number of amides is 2. The molecule has 104 valence electrons. The lowest BCUT2D eigenvalue weighted by Crippen LogP contribution is -2.40. The second kappa shape index (κ2) is 6.14. The topological polar surface area (TPSA) is 110 Å². The number of carbonyl (C=O) groups excluding carboxylic acids is 2. The molecular weight excluding hydrogens is 253 g/mol. The number of aliphatic hydroxyl groups excluding tert-OH is 1. The van der Waals surface area contributed by atoms with E-state index in [1.54, 1.807) is 0 Å². The molecule has 7 heteroatoms. The number of primary amides is 2. The van der Waals surface area contributed by atoms with Crippen molar-refractivity contribution >= 4 is 17.5 Å². The zero-order chi connectivity index (χ0) is 14.6. The maximum atomic E-state index is 13.2. The molecule has 1 atom stereocenters. The monoisotopic (exact) mass is 269 g/mol. The number of nitrogens with zero attached hydrogens (tertiary/aromatic N) is 1. The zero-order valence-corrected chi connectivity index (χ0v) is 10.5. The van der Waals surface area contributed by atoms with E-state index in [1.165, 1.54) is 17.9 Å². The first kappa shape index (κ1) is 14.9. The van der Waals surface area contributed by atoms with Crippen LogP contribution in [-0.4, -0.2) is 30.0 Å². The molecule has 19 heavy (non-hydrogen) atoms. The Morgan fingerprint density at radius 3 is 2.26 bits per heavy atom. The molecule has 0 bridgehead atoms. The normalized spacial score (nSPS) is 11.9. The van der Waals surface area contributed by atoms with Crippen molar-refractivity contribution in [2.24, 2.45) is 11.5 Å². The lowest BCUT2D eigenvalue weighted by molar-refractivity contribution is -0.117. The summed E-state index contributed by atoms with van der Waals surface area (Å²) in [5, 5.41) is 9.62. The average molecular weight is 269 g/mol. The quantitative estimate of drug-likeness (QED) is 0.656. The molecule has 2 amide bonds. The summed E-state index contributed by atoms with van der Waals surface area (Å²) in [6, 6.07) is 3.66. The smallest absolute Gasteiger partial charge is 0.236 e. The van der Waals surface area contributed by atoms with Gasteiger partial charge in [-0.05, 0) is 25.1 Å². The van der Waals surface area contributed by atoms with Crippen molar-refractivity contribution in [1.82, 2.24) is 0 Å². The number of hydrogen-bond donors (Lipinski definition) is 3. The number of carbonyl (C=O) groups is 2. The van der Waals surface area contributed by atoms with Gasteiger partial charge < -0.3 is 21.5 Å². The van der Waals surface area contributed by atoms with Gasteiger partial charge in [0.15, 0.2) is 0 Å². The molecule has 0 aliphatic rings. The lowest BCUT2D eigenvalue weighted by Gasteiger charge is -2.25. The Morgan fingerprint density at radius 1 is 1.32 bits per heavy atom. The molecule has 0 saturated heterocycles. The highest BCUT2D eigenvalue weighted by molar-refractivity contribution is 5.85. The van der Waals surface area contributed by atoms with E-state index in [2.05, 4.69) is 0 Å². The van der Waals surface area contributed by atoms with Crippen molar-refractivity contribution in [1.29, 1.82) is 0 Å². The fourth-order valence-corrected chi connectivity index (χ4v) is 1.75. The van der Waals surface area contributed by atoms with Crippen molar-refractivity contribution in [3.8, 4) is 0 Å². The first-order valence-electron chi connectivity index (χ1n) is 5.60. The molecule has 0 aromatic heterocycles. The molecule has 0 saturated carbocycles. The summed E-state index contributed by atoms with van der Waals surface area (Å²) in [7, 11) is 0. The number of aliphatic hydroxyl groups is 1. The van der Waals surface area contributed by atoms with E-state index in [1.807, 2.05) is 0 Å². The van der Waals surface area contributed by atoms with Crippen molar-refractivity contribution in [2.75, 3.05) is 18.0 Å². The third-order valence-corrected chi connectivity index (χ3v) is 2.47. The van der Waals surface area contributed by atoms with Crippen LogP contribution in [0.25, 0.3) is 0 Å². The summed E-state index contributed by atoms with van der Waals surface area (Å²) in [6.07, 6.45) is -0.964. The van der Waals surface area contributed by atoms with E-state index in [0.717, 1.165) is 12.1 Å². The van der Waals surface area contributed by atoms with Crippen LogP contribution in [0.1, 0.15) is 18.6 Å². The van der Waals surface area contributed by atoms with E-state index in [4.69, 9.17) is 11.5 Å². The van der Waals surface area contributed by atoms with Crippen LogP contribution in [0.5, 0.6) is 0 Å². The third-order valence-electron chi connectivity index (χ3n) is 2.47. The van der Waals surface area contributed by atoms with E-state index in [9.17, 15) is 19.1 Å². The molecule has 1 aromatic carbocycles. The number of hydrogen-bond acceptors (Lipinski definition) is 4. The van der Waals surface area contributed by atoms with E-state index < -0.39 is 23.7 Å². The van der Waals surface area contributed by atoms with Crippen LogP contribution in [0.3, 0.4) is 0 Å². The lowest BCUT2D eigenvalue weighted by atomic mass is 10.1. The molecule has 0 fully saturated rings. The minimum atomic E-state index is -0.964. The van der Waals surface area contributed by atoms with Crippen molar-refractivity contribution in [3.63, 3.8) is 0 Å². The molecule has 1 rings (SSSR count). The summed E-state index contributed by atoms with van der Waals surface area (Å²) in [4.78, 5) is 23.3. The van der Waals surface area contributed by atoms with Gasteiger partial charge in [0.25, 0.3) is 0 Å². The summed E-state index contributed by atoms with van der Waals surface area (Å²) in [5.74, 6) is -1.86. The summed E-state index contributed by atoms with van der Waals surface area (Å²) >= 11 is 0.